The van der Waals surface area contributed by atoms with Crippen LogP contribution in [0.5, 0.6) is 0 Å². The van der Waals surface area contributed by atoms with Gasteiger partial charge < -0.3 is 20.5 Å². The Hall–Kier alpha value is -2.64. The monoisotopic (exact) mass is 434 g/mol. The number of aromatic amines is 1. The van der Waals surface area contributed by atoms with E-state index in [9.17, 15) is 18.6 Å². The normalized spacial score (nSPS) is 24.4. The average molecular weight is 434 g/mol. The summed E-state index contributed by atoms with van der Waals surface area (Å²) in [7, 11) is -4.11. The number of imidazole rings is 1. The van der Waals surface area contributed by atoms with Crippen molar-refractivity contribution in [2.45, 2.75) is 18.6 Å². The summed E-state index contributed by atoms with van der Waals surface area (Å²) < 4.78 is 26.5. The van der Waals surface area contributed by atoms with E-state index in [1.165, 1.54) is 6.33 Å². The summed E-state index contributed by atoms with van der Waals surface area (Å²) >= 11 is 0. The Kier molecular flexibility index (Phi) is 5.66. The maximum absolute atomic E-state index is 11.0. The van der Waals surface area contributed by atoms with Crippen molar-refractivity contribution in [2.75, 3.05) is 18.5 Å². The lowest BCUT2D eigenvalue weighted by atomic mass is 10.0. The first kappa shape index (κ1) is 20.6. The van der Waals surface area contributed by atoms with Crippen LogP contribution >= 0.6 is 0 Å². The summed E-state index contributed by atoms with van der Waals surface area (Å²) in [6.45, 7) is 0.0161. The second-order valence-corrected chi connectivity index (χ2v) is 8.49. The molecule has 4 rings (SSSR count). The van der Waals surface area contributed by atoms with Crippen LogP contribution in [0.1, 0.15) is 6.42 Å². The van der Waals surface area contributed by atoms with Gasteiger partial charge in [0.1, 0.15) is 17.7 Å². The van der Waals surface area contributed by atoms with Crippen molar-refractivity contribution in [3.8, 4) is 11.4 Å². The second-order valence-electron chi connectivity index (χ2n) is 7.27. The van der Waals surface area contributed by atoms with Gasteiger partial charge in [0.2, 0.25) is 0 Å². The number of anilines is 1. The van der Waals surface area contributed by atoms with E-state index in [1.807, 2.05) is 30.3 Å². The molecule has 0 aliphatic heterocycles. The van der Waals surface area contributed by atoms with Gasteiger partial charge in [0.05, 0.1) is 18.8 Å². The molecule has 1 aliphatic rings. The van der Waals surface area contributed by atoms with E-state index in [4.69, 9.17) is 5.14 Å². The summed E-state index contributed by atoms with van der Waals surface area (Å²) in [5.41, 5.74) is 2.03. The van der Waals surface area contributed by atoms with Crippen molar-refractivity contribution in [3.63, 3.8) is 0 Å². The fourth-order valence-corrected chi connectivity index (χ4v) is 4.07. The molecule has 160 valence electrons. The molecule has 12 heteroatoms. The first-order chi connectivity index (χ1) is 14.3. The van der Waals surface area contributed by atoms with Crippen molar-refractivity contribution < 1.29 is 22.8 Å². The molecule has 2 heterocycles. The van der Waals surface area contributed by atoms with Crippen molar-refractivity contribution in [3.05, 3.63) is 36.7 Å². The highest BCUT2D eigenvalue weighted by atomic mass is 32.2. The van der Waals surface area contributed by atoms with Crippen LogP contribution in [-0.4, -0.2) is 63.9 Å². The molecular weight excluding hydrogens is 412 g/mol. The van der Waals surface area contributed by atoms with Gasteiger partial charge in [-0.25, -0.2) is 20.1 Å². The predicted molar refractivity (Wildman–Crippen MR) is 108 cm³/mol. The van der Waals surface area contributed by atoms with Gasteiger partial charge in [-0.3, -0.25) is 4.18 Å². The first-order valence-corrected chi connectivity index (χ1v) is 10.8. The van der Waals surface area contributed by atoms with Crippen LogP contribution in [0.3, 0.4) is 0 Å². The number of nitrogens with zero attached hydrogens (tertiary/aromatic N) is 3. The highest BCUT2D eigenvalue weighted by Crippen LogP contribution is 2.33. The summed E-state index contributed by atoms with van der Waals surface area (Å²) in [6.07, 6.45) is -0.397. The van der Waals surface area contributed by atoms with E-state index in [1.54, 1.807) is 0 Å². The van der Waals surface area contributed by atoms with Gasteiger partial charge in [0.25, 0.3) is 0 Å². The average Bonchev–Trinajstić information content (AvgIpc) is 3.28. The van der Waals surface area contributed by atoms with Crippen LogP contribution in [0.2, 0.25) is 0 Å². The lowest BCUT2D eigenvalue weighted by Crippen LogP contribution is -2.32. The molecule has 1 aliphatic carbocycles. The van der Waals surface area contributed by atoms with E-state index < -0.39 is 28.4 Å². The molecule has 2 aromatic heterocycles. The lowest BCUT2D eigenvalue weighted by Gasteiger charge is -2.17. The van der Waals surface area contributed by atoms with Crippen LogP contribution in [0.25, 0.3) is 22.6 Å². The minimum absolute atomic E-state index is 0.285. The van der Waals surface area contributed by atoms with E-state index in [0.29, 0.717) is 35.8 Å². The Morgan fingerprint density at radius 3 is 2.63 bits per heavy atom. The molecule has 6 N–H and O–H groups in total. The van der Waals surface area contributed by atoms with Gasteiger partial charge in [-0.05, 0) is 6.42 Å². The Morgan fingerprint density at radius 2 is 1.90 bits per heavy atom. The molecular formula is C18H22N6O5S. The molecule has 1 fully saturated rings. The third kappa shape index (κ3) is 4.42. The number of hydrogen-bond acceptors (Lipinski definition) is 9. The number of aromatic nitrogens is 4. The van der Waals surface area contributed by atoms with E-state index in [-0.39, 0.29) is 12.5 Å². The molecule has 30 heavy (non-hydrogen) atoms. The molecule has 3 aromatic rings. The first-order valence-electron chi connectivity index (χ1n) is 9.35. The molecule has 0 spiro atoms. The number of benzene rings is 1. The smallest absolute Gasteiger partial charge is 0.333 e. The Morgan fingerprint density at radius 1 is 1.17 bits per heavy atom. The summed E-state index contributed by atoms with van der Waals surface area (Å²) in [5, 5.41) is 28.5. The van der Waals surface area contributed by atoms with Crippen molar-refractivity contribution in [1.82, 2.24) is 19.9 Å². The number of rotatable bonds is 7. The lowest BCUT2D eigenvalue weighted by molar-refractivity contribution is -0.00162. The minimum Gasteiger partial charge on any atom is -0.390 e. The zero-order valence-electron chi connectivity index (χ0n) is 15.8. The summed E-state index contributed by atoms with van der Waals surface area (Å²) in [5.74, 6) is 0.286. The van der Waals surface area contributed by atoms with Crippen molar-refractivity contribution in [1.29, 1.82) is 0 Å². The van der Waals surface area contributed by atoms with Gasteiger partial charge in [-0.2, -0.15) is 8.42 Å². The second kappa shape index (κ2) is 8.24. The van der Waals surface area contributed by atoms with Crippen LogP contribution in [-0.2, 0) is 14.5 Å². The quantitative estimate of drug-likeness (QED) is 0.343. The predicted octanol–water partition coefficient (Wildman–Crippen LogP) is 0.00980. The summed E-state index contributed by atoms with van der Waals surface area (Å²) in [6, 6.07) is 9.60. The number of aliphatic hydroxyl groups excluding tert-OH is 2. The minimum atomic E-state index is -4.11. The highest BCUT2D eigenvalue weighted by Gasteiger charge is 2.41. The number of aliphatic hydroxyl groups is 2. The Balaban J connectivity index is 1.46. The fourth-order valence-electron chi connectivity index (χ4n) is 3.70. The van der Waals surface area contributed by atoms with E-state index in [0.717, 1.165) is 5.56 Å². The number of H-pyrrole nitrogens is 1. The molecule has 11 nitrogen and oxygen atoms in total. The largest absolute Gasteiger partial charge is 0.390 e. The van der Waals surface area contributed by atoms with Crippen molar-refractivity contribution >= 4 is 27.3 Å². The highest BCUT2D eigenvalue weighted by molar-refractivity contribution is 7.84. The number of nitrogens with two attached hydrogens (primary N) is 1. The van der Waals surface area contributed by atoms with Gasteiger partial charge in [0, 0.05) is 23.9 Å². The van der Waals surface area contributed by atoms with Crippen molar-refractivity contribution in [2.24, 2.45) is 17.0 Å². The number of hydrogen-bond donors (Lipinski definition) is 5. The maximum Gasteiger partial charge on any atom is 0.333 e. The molecule has 0 bridgehead atoms. The number of fused-ring (bicyclic) bond motifs is 1. The molecule has 0 saturated heterocycles. The van der Waals surface area contributed by atoms with Crippen LogP contribution < -0.4 is 10.5 Å². The molecule has 0 radical (unpaired) electrons. The standard InChI is InChI=1S/C18H22N6O5S/c19-30(27,28)29-8-12-6-11(14(25)15(12)26)7-20-17-13-18(22-9-21-17)24-16(23-13)10-4-2-1-3-5-10/h1-5,9,11-12,14-15,25-26H,6-8H2,(H2,19,27,28)(H2,20,21,22,23,24)/t11-,12+,14-,15+/m0/s1. The Labute approximate surface area is 172 Å². The Bertz CT molecular complexity index is 1120. The molecule has 0 amide bonds. The van der Waals surface area contributed by atoms with Gasteiger partial charge >= 0.3 is 10.3 Å². The van der Waals surface area contributed by atoms with Crippen LogP contribution in [0.4, 0.5) is 5.82 Å². The van der Waals surface area contributed by atoms with Crippen LogP contribution in [0, 0.1) is 11.8 Å². The van der Waals surface area contributed by atoms with Gasteiger partial charge in [-0.1, -0.05) is 30.3 Å². The topological polar surface area (TPSA) is 176 Å². The molecule has 4 atom stereocenters. The summed E-state index contributed by atoms with van der Waals surface area (Å²) in [4.78, 5) is 16.1. The fraction of sp³-hybridized carbons (Fsp3) is 0.389. The SMILES string of the molecule is NS(=O)(=O)OC[C@H]1C[C@@H](CNc2ncnc3nc(-c4ccccc4)[nH]c23)[C@H](O)[C@@H]1O. The molecule has 0 unspecified atom stereocenters. The maximum atomic E-state index is 11.0. The van der Waals surface area contributed by atoms with Crippen LogP contribution in [0.15, 0.2) is 36.7 Å². The van der Waals surface area contributed by atoms with E-state index >= 15 is 0 Å². The van der Waals surface area contributed by atoms with Gasteiger partial charge in [-0.15, -0.1) is 0 Å². The number of nitrogens with one attached hydrogen (secondary N) is 2. The zero-order chi connectivity index (χ0) is 21.3. The third-order valence-electron chi connectivity index (χ3n) is 5.24. The van der Waals surface area contributed by atoms with Gasteiger partial charge in [0.15, 0.2) is 11.5 Å². The van der Waals surface area contributed by atoms with E-state index in [2.05, 4.69) is 29.4 Å². The molecule has 1 aromatic carbocycles. The third-order valence-corrected chi connectivity index (χ3v) is 5.70. The molecule has 1 saturated carbocycles. The zero-order valence-corrected chi connectivity index (χ0v) is 16.7.